The van der Waals surface area contributed by atoms with Crippen molar-refractivity contribution >= 4 is 17.6 Å². The Hall–Kier alpha value is -2.30. The van der Waals surface area contributed by atoms with Crippen molar-refractivity contribution in [1.82, 2.24) is 0 Å². The molecular formula is C12H14N2O3. The summed E-state index contributed by atoms with van der Waals surface area (Å²) >= 11 is 0. The second-order valence-corrected chi connectivity index (χ2v) is 3.63. The summed E-state index contributed by atoms with van der Waals surface area (Å²) in [6.07, 6.45) is 1.13. The number of carboxylic acids is 1. The molecule has 0 saturated carbocycles. The summed E-state index contributed by atoms with van der Waals surface area (Å²) in [5.74, 6) is -1.47. The van der Waals surface area contributed by atoms with Gasteiger partial charge in [-0.05, 0) is 30.7 Å². The molecule has 1 amide bonds. The second kappa shape index (κ2) is 5.69. The topological polar surface area (TPSA) is 92.4 Å². The van der Waals surface area contributed by atoms with Crippen molar-refractivity contribution in [3.05, 3.63) is 41.5 Å². The van der Waals surface area contributed by atoms with Crippen molar-refractivity contribution < 1.29 is 14.7 Å². The van der Waals surface area contributed by atoms with Crippen LogP contribution < -0.4 is 11.1 Å². The fourth-order valence-corrected chi connectivity index (χ4v) is 1.29. The Morgan fingerprint density at radius 3 is 2.76 bits per heavy atom. The quantitative estimate of drug-likeness (QED) is 0.668. The summed E-state index contributed by atoms with van der Waals surface area (Å²) in [7, 11) is 0. The summed E-state index contributed by atoms with van der Waals surface area (Å²) in [6.45, 7) is 2.10. The van der Waals surface area contributed by atoms with Gasteiger partial charge < -0.3 is 16.2 Å². The molecule has 0 radical (unpaired) electrons. The normalized spacial score (nSPS) is 11.0. The minimum Gasteiger partial charge on any atom is -0.478 e. The molecule has 4 N–H and O–H groups in total. The lowest BCUT2D eigenvalue weighted by Gasteiger charge is -2.07. The van der Waals surface area contributed by atoms with E-state index in [1.54, 1.807) is 31.2 Å². The molecule has 0 unspecified atom stereocenters. The van der Waals surface area contributed by atoms with Crippen LogP contribution in [0.5, 0.6) is 0 Å². The molecule has 90 valence electrons. The monoisotopic (exact) mass is 234 g/mol. The largest absolute Gasteiger partial charge is 0.478 e. The zero-order chi connectivity index (χ0) is 12.8. The second-order valence-electron chi connectivity index (χ2n) is 3.63. The van der Waals surface area contributed by atoms with Gasteiger partial charge in [0, 0.05) is 23.9 Å². The van der Waals surface area contributed by atoms with Crippen LogP contribution in [-0.4, -0.2) is 23.5 Å². The number of benzene rings is 1. The van der Waals surface area contributed by atoms with Crippen molar-refractivity contribution in [2.75, 3.05) is 11.9 Å². The standard InChI is InChI=1S/C12H14N2O3/c1-8(5-11(15)16)7-14-10-4-2-3-9(6-10)12(13)17/h2-6,14H,7H2,1H3,(H2,13,17)(H,15,16)/b8-5-. The minimum absolute atomic E-state index is 0.397. The molecule has 0 saturated heterocycles. The Bertz CT molecular complexity index is 467. The average Bonchev–Trinajstić information content (AvgIpc) is 2.26. The molecule has 0 atom stereocenters. The number of nitrogens with two attached hydrogens (primary N) is 1. The Kier molecular flexibility index (Phi) is 4.28. The Labute approximate surface area is 98.9 Å². The van der Waals surface area contributed by atoms with E-state index >= 15 is 0 Å². The lowest BCUT2D eigenvalue weighted by atomic mass is 10.2. The van der Waals surface area contributed by atoms with Crippen molar-refractivity contribution in [1.29, 1.82) is 0 Å². The third-order valence-electron chi connectivity index (χ3n) is 2.09. The van der Waals surface area contributed by atoms with Gasteiger partial charge in [0.15, 0.2) is 0 Å². The van der Waals surface area contributed by atoms with Crippen LogP contribution in [0.3, 0.4) is 0 Å². The average molecular weight is 234 g/mol. The summed E-state index contributed by atoms with van der Waals surface area (Å²) in [5, 5.41) is 11.5. The van der Waals surface area contributed by atoms with Gasteiger partial charge in [0.25, 0.3) is 0 Å². The maximum absolute atomic E-state index is 10.9. The lowest BCUT2D eigenvalue weighted by molar-refractivity contribution is -0.131. The molecule has 0 spiro atoms. The molecule has 1 aromatic rings. The van der Waals surface area contributed by atoms with Gasteiger partial charge >= 0.3 is 5.97 Å². The predicted molar refractivity (Wildman–Crippen MR) is 64.8 cm³/mol. The molecule has 0 aliphatic heterocycles. The van der Waals surface area contributed by atoms with E-state index in [1.807, 2.05) is 0 Å². The van der Waals surface area contributed by atoms with Gasteiger partial charge in [0.05, 0.1) is 0 Å². The SMILES string of the molecule is C/C(=C/C(=O)O)CNc1cccc(C(N)=O)c1. The number of carbonyl (C=O) groups is 2. The number of anilines is 1. The van der Waals surface area contributed by atoms with Crippen molar-refractivity contribution in [2.45, 2.75) is 6.92 Å². The lowest BCUT2D eigenvalue weighted by Crippen LogP contribution is -2.11. The van der Waals surface area contributed by atoms with Crippen LogP contribution in [0.15, 0.2) is 35.9 Å². The zero-order valence-corrected chi connectivity index (χ0v) is 9.43. The number of rotatable bonds is 5. The maximum atomic E-state index is 10.9. The number of nitrogens with one attached hydrogen (secondary N) is 1. The number of hydrogen-bond donors (Lipinski definition) is 3. The molecule has 0 aliphatic carbocycles. The van der Waals surface area contributed by atoms with E-state index in [0.717, 1.165) is 11.8 Å². The van der Waals surface area contributed by atoms with Crippen molar-refractivity contribution in [2.24, 2.45) is 5.73 Å². The summed E-state index contributed by atoms with van der Waals surface area (Å²) < 4.78 is 0. The van der Waals surface area contributed by atoms with E-state index < -0.39 is 11.9 Å². The molecular weight excluding hydrogens is 220 g/mol. The highest BCUT2D eigenvalue weighted by molar-refractivity contribution is 5.93. The molecule has 0 aromatic heterocycles. The minimum atomic E-state index is -0.977. The van der Waals surface area contributed by atoms with Gasteiger partial charge in [0.1, 0.15) is 0 Å². The van der Waals surface area contributed by atoms with Crippen LogP contribution in [0.2, 0.25) is 0 Å². The van der Waals surface area contributed by atoms with Crippen LogP contribution in [0.4, 0.5) is 5.69 Å². The van der Waals surface area contributed by atoms with Crippen LogP contribution in [0, 0.1) is 0 Å². The Balaban J connectivity index is 2.67. The smallest absolute Gasteiger partial charge is 0.328 e. The Morgan fingerprint density at radius 2 is 2.18 bits per heavy atom. The summed E-state index contributed by atoms with van der Waals surface area (Å²) in [4.78, 5) is 21.3. The van der Waals surface area contributed by atoms with Crippen LogP contribution in [0.1, 0.15) is 17.3 Å². The molecule has 0 heterocycles. The predicted octanol–water partition coefficient (Wildman–Crippen LogP) is 1.23. The van der Waals surface area contributed by atoms with Crippen LogP contribution >= 0.6 is 0 Å². The first-order chi connectivity index (χ1) is 7.99. The van der Waals surface area contributed by atoms with Crippen molar-refractivity contribution in [3.63, 3.8) is 0 Å². The number of carbonyl (C=O) groups excluding carboxylic acids is 1. The third-order valence-corrected chi connectivity index (χ3v) is 2.09. The molecule has 0 bridgehead atoms. The van der Waals surface area contributed by atoms with Gasteiger partial charge in [-0.25, -0.2) is 4.79 Å². The number of amides is 1. The van der Waals surface area contributed by atoms with Gasteiger partial charge in [-0.2, -0.15) is 0 Å². The molecule has 1 aromatic carbocycles. The van der Waals surface area contributed by atoms with E-state index in [9.17, 15) is 9.59 Å². The van der Waals surface area contributed by atoms with E-state index in [-0.39, 0.29) is 0 Å². The molecule has 5 heteroatoms. The van der Waals surface area contributed by atoms with E-state index in [0.29, 0.717) is 17.7 Å². The number of aliphatic carboxylic acids is 1. The fraction of sp³-hybridized carbons (Fsp3) is 0.167. The molecule has 17 heavy (non-hydrogen) atoms. The van der Waals surface area contributed by atoms with Crippen LogP contribution in [0.25, 0.3) is 0 Å². The van der Waals surface area contributed by atoms with E-state index in [1.165, 1.54) is 0 Å². The summed E-state index contributed by atoms with van der Waals surface area (Å²) in [6, 6.07) is 6.73. The first kappa shape index (κ1) is 12.8. The van der Waals surface area contributed by atoms with E-state index in [4.69, 9.17) is 10.8 Å². The number of primary amides is 1. The highest BCUT2D eigenvalue weighted by Gasteiger charge is 2.01. The molecule has 0 fully saturated rings. The van der Waals surface area contributed by atoms with E-state index in [2.05, 4.69) is 5.32 Å². The highest BCUT2D eigenvalue weighted by Crippen LogP contribution is 2.10. The summed E-state index contributed by atoms with van der Waals surface area (Å²) in [5.41, 5.74) is 6.96. The molecule has 1 rings (SSSR count). The number of carboxylic acid groups (broad SMARTS) is 1. The van der Waals surface area contributed by atoms with Gasteiger partial charge in [-0.15, -0.1) is 0 Å². The van der Waals surface area contributed by atoms with Gasteiger partial charge in [0.2, 0.25) is 5.91 Å². The molecule has 5 nitrogen and oxygen atoms in total. The highest BCUT2D eigenvalue weighted by atomic mass is 16.4. The van der Waals surface area contributed by atoms with Crippen molar-refractivity contribution in [3.8, 4) is 0 Å². The fourth-order valence-electron chi connectivity index (χ4n) is 1.29. The molecule has 0 aliphatic rings. The first-order valence-corrected chi connectivity index (χ1v) is 5.03. The van der Waals surface area contributed by atoms with Gasteiger partial charge in [-0.3, -0.25) is 4.79 Å². The van der Waals surface area contributed by atoms with Crippen LogP contribution in [-0.2, 0) is 4.79 Å². The first-order valence-electron chi connectivity index (χ1n) is 5.03. The third kappa shape index (κ3) is 4.38. The number of hydrogen-bond acceptors (Lipinski definition) is 3. The zero-order valence-electron chi connectivity index (χ0n) is 9.43. The Morgan fingerprint density at radius 1 is 1.47 bits per heavy atom. The maximum Gasteiger partial charge on any atom is 0.328 e. The van der Waals surface area contributed by atoms with Gasteiger partial charge in [-0.1, -0.05) is 6.07 Å².